The molecule has 0 aliphatic carbocycles. The molecule has 0 aromatic heterocycles. The molecule has 0 aliphatic rings. The second-order valence-corrected chi connectivity index (χ2v) is 8.59. The van der Waals surface area contributed by atoms with E-state index in [1.807, 2.05) is 0 Å². The minimum Gasteiger partial charge on any atom is -0.478 e. The molecular formula is C26H19NO9S. The van der Waals surface area contributed by atoms with Crippen molar-refractivity contribution in [3.05, 3.63) is 89.0 Å². The van der Waals surface area contributed by atoms with Crippen LogP contribution in [0.15, 0.2) is 81.7 Å². The average Bonchev–Trinajstić information content (AvgIpc) is 2.87. The summed E-state index contributed by atoms with van der Waals surface area (Å²) >= 11 is 1.38. The van der Waals surface area contributed by atoms with Crippen LogP contribution >= 0.6 is 11.8 Å². The van der Waals surface area contributed by atoms with Crippen LogP contribution in [0.5, 0.6) is 5.75 Å². The fourth-order valence-corrected chi connectivity index (χ4v) is 3.78. The molecule has 0 saturated carbocycles. The second-order valence-electron chi connectivity index (χ2n) is 7.45. The maximum absolute atomic E-state index is 12.5. The number of ether oxygens (including phenoxy) is 1. The van der Waals surface area contributed by atoms with E-state index in [4.69, 9.17) is 9.84 Å². The van der Waals surface area contributed by atoms with E-state index in [1.165, 1.54) is 37.7 Å². The highest BCUT2D eigenvalue weighted by atomic mass is 32.2. The fourth-order valence-electron chi connectivity index (χ4n) is 2.96. The Hall–Kier alpha value is -4.77. The normalized spacial score (nSPS) is 10.9. The summed E-state index contributed by atoms with van der Waals surface area (Å²) in [6, 6.07) is 16.2. The minimum atomic E-state index is -1.46. The molecule has 188 valence electrons. The number of carbonyl (C=O) groups excluding carboxylic acids is 3. The van der Waals surface area contributed by atoms with E-state index in [2.05, 4.69) is 9.99 Å². The Balaban J connectivity index is 1.66. The molecule has 0 fully saturated rings. The van der Waals surface area contributed by atoms with Gasteiger partial charge in [-0.15, -0.1) is 0 Å². The molecule has 0 heterocycles. The topological polar surface area (TPSA) is 157 Å². The number of nitrogens with zero attached hydrogens (tertiary/aromatic N) is 1. The highest BCUT2D eigenvalue weighted by Gasteiger charge is 2.21. The van der Waals surface area contributed by atoms with Crippen molar-refractivity contribution in [1.82, 2.24) is 0 Å². The number of Topliss-reactive ketones (excluding diaryl/α,β-unsaturated/α-hetero) is 1. The smallest absolute Gasteiger partial charge is 0.344 e. The van der Waals surface area contributed by atoms with Crippen LogP contribution in [-0.4, -0.2) is 45.6 Å². The number of hydrogen-bond donors (Lipinski definition) is 2. The number of ketones is 1. The number of carboxylic acid groups (broad SMARTS) is 2. The molecule has 0 radical (unpaired) electrons. The Kier molecular flexibility index (Phi) is 8.54. The van der Waals surface area contributed by atoms with E-state index < -0.39 is 29.4 Å². The highest BCUT2D eigenvalue weighted by molar-refractivity contribution is 7.99. The van der Waals surface area contributed by atoms with Gasteiger partial charge in [0.05, 0.1) is 16.7 Å². The lowest BCUT2D eigenvalue weighted by molar-refractivity contribution is -0.140. The van der Waals surface area contributed by atoms with Crippen molar-refractivity contribution in [2.75, 3.05) is 0 Å². The molecule has 3 aromatic carbocycles. The third-order valence-electron chi connectivity index (χ3n) is 4.74. The van der Waals surface area contributed by atoms with Gasteiger partial charge in [-0.1, -0.05) is 16.9 Å². The molecule has 11 heteroatoms. The van der Waals surface area contributed by atoms with Gasteiger partial charge in [0.1, 0.15) is 11.5 Å². The number of benzene rings is 3. The Morgan fingerprint density at radius 2 is 1.30 bits per heavy atom. The van der Waals surface area contributed by atoms with E-state index in [1.54, 1.807) is 36.4 Å². The average molecular weight is 522 g/mol. The Morgan fingerprint density at radius 1 is 0.730 bits per heavy atom. The number of aromatic carboxylic acids is 2. The van der Waals surface area contributed by atoms with Crippen LogP contribution in [-0.2, 0) is 9.63 Å². The summed E-state index contributed by atoms with van der Waals surface area (Å²) in [4.78, 5) is 64.3. The number of oxime groups is 1. The molecule has 0 atom stereocenters. The van der Waals surface area contributed by atoms with Crippen molar-refractivity contribution in [3.63, 3.8) is 0 Å². The highest BCUT2D eigenvalue weighted by Crippen LogP contribution is 2.29. The van der Waals surface area contributed by atoms with Gasteiger partial charge in [0.25, 0.3) is 0 Å². The van der Waals surface area contributed by atoms with Gasteiger partial charge in [0.15, 0.2) is 0 Å². The van der Waals surface area contributed by atoms with Gasteiger partial charge in [-0.25, -0.2) is 19.2 Å². The lowest BCUT2D eigenvalue weighted by Gasteiger charge is -2.09. The van der Waals surface area contributed by atoms with Crippen LogP contribution in [0, 0.1) is 0 Å². The minimum absolute atomic E-state index is 0.0362. The van der Waals surface area contributed by atoms with Crippen LogP contribution in [0.4, 0.5) is 0 Å². The van der Waals surface area contributed by atoms with Gasteiger partial charge < -0.3 is 19.8 Å². The molecule has 2 N–H and O–H groups in total. The SMILES string of the molecule is CC(=O)ON=C(C)C(=O)c1ccc(Sc2ccc(OC(=O)c3ccc(C(=O)O)cc3C(=O)O)cc2)cc1. The summed E-state index contributed by atoms with van der Waals surface area (Å²) < 4.78 is 5.26. The molecule has 0 amide bonds. The summed E-state index contributed by atoms with van der Waals surface area (Å²) in [6.07, 6.45) is 0. The first-order valence-electron chi connectivity index (χ1n) is 10.5. The lowest BCUT2D eigenvalue weighted by Crippen LogP contribution is -2.15. The van der Waals surface area contributed by atoms with Crippen LogP contribution in [0.25, 0.3) is 0 Å². The summed E-state index contributed by atoms with van der Waals surface area (Å²) in [5.74, 6) is -4.56. The first-order valence-corrected chi connectivity index (χ1v) is 11.3. The Labute approximate surface area is 214 Å². The summed E-state index contributed by atoms with van der Waals surface area (Å²) in [5.41, 5.74) is -0.616. The molecular weight excluding hydrogens is 502 g/mol. The zero-order valence-electron chi connectivity index (χ0n) is 19.5. The van der Waals surface area contributed by atoms with E-state index in [0.717, 1.165) is 28.0 Å². The van der Waals surface area contributed by atoms with Gasteiger partial charge in [0.2, 0.25) is 5.78 Å². The maximum Gasteiger partial charge on any atom is 0.344 e. The van der Waals surface area contributed by atoms with E-state index >= 15 is 0 Å². The lowest BCUT2D eigenvalue weighted by atomic mass is 10.0. The summed E-state index contributed by atoms with van der Waals surface area (Å²) in [7, 11) is 0. The Morgan fingerprint density at radius 3 is 1.84 bits per heavy atom. The third-order valence-corrected chi connectivity index (χ3v) is 5.76. The van der Waals surface area contributed by atoms with Gasteiger partial charge >= 0.3 is 23.9 Å². The second kappa shape index (κ2) is 11.8. The summed E-state index contributed by atoms with van der Waals surface area (Å²) in [5, 5.41) is 21.9. The molecule has 0 bridgehead atoms. The molecule has 0 spiro atoms. The monoisotopic (exact) mass is 521 g/mol. The van der Waals surface area contributed by atoms with Crippen molar-refractivity contribution in [3.8, 4) is 5.75 Å². The predicted octanol–water partition coefficient (Wildman–Crippen LogP) is 4.58. The quantitative estimate of drug-likeness (QED) is 0.102. The van der Waals surface area contributed by atoms with Crippen molar-refractivity contribution < 1.29 is 43.8 Å². The van der Waals surface area contributed by atoms with Crippen molar-refractivity contribution >= 4 is 47.1 Å². The first kappa shape index (κ1) is 26.8. The number of esters is 1. The molecule has 37 heavy (non-hydrogen) atoms. The van der Waals surface area contributed by atoms with E-state index in [-0.39, 0.29) is 28.4 Å². The van der Waals surface area contributed by atoms with Crippen LogP contribution in [0.2, 0.25) is 0 Å². The first-order chi connectivity index (χ1) is 17.5. The predicted molar refractivity (Wildman–Crippen MR) is 132 cm³/mol. The number of hydrogen-bond acceptors (Lipinski definition) is 9. The fraction of sp³-hybridized carbons (Fsp3) is 0.0769. The summed E-state index contributed by atoms with van der Waals surface area (Å²) in [6.45, 7) is 2.62. The van der Waals surface area contributed by atoms with Gasteiger partial charge in [0, 0.05) is 22.3 Å². The molecule has 10 nitrogen and oxygen atoms in total. The number of carboxylic acids is 2. The molecule has 3 rings (SSSR count). The number of carbonyl (C=O) groups is 5. The van der Waals surface area contributed by atoms with Gasteiger partial charge in [-0.05, 0) is 73.7 Å². The van der Waals surface area contributed by atoms with Crippen LogP contribution < -0.4 is 4.74 Å². The van der Waals surface area contributed by atoms with Crippen LogP contribution in [0.1, 0.15) is 55.3 Å². The standard InChI is InChI=1S/C26H19NO9S/c1-14(27-36-15(2)28)23(29)16-3-8-19(9-4-16)37-20-10-6-18(7-11-20)35-26(34)21-12-5-17(24(30)31)13-22(21)25(32)33/h3-13H,1-2H3,(H,30,31)(H,32,33). The zero-order chi connectivity index (χ0) is 27.1. The Bertz CT molecular complexity index is 1410. The zero-order valence-corrected chi connectivity index (χ0v) is 20.3. The van der Waals surface area contributed by atoms with E-state index in [0.29, 0.717) is 5.56 Å². The van der Waals surface area contributed by atoms with Crippen molar-refractivity contribution in [2.45, 2.75) is 23.6 Å². The van der Waals surface area contributed by atoms with Gasteiger partial charge in [-0.3, -0.25) is 4.79 Å². The van der Waals surface area contributed by atoms with Crippen molar-refractivity contribution in [2.24, 2.45) is 5.16 Å². The van der Waals surface area contributed by atoms with E-state index in [9.17, 15) is 29.1 Å². The largest absolute Gasteiger partial charge is 0.478 e. The van der Waals surface area contributed by atoms with Crippen molar-refractivity contribution in [1.29, 1.82) is 0 Å². The van der Waals surface area contributed by atoms with Crippen LogP contribution in [0.3, 0.4) is 0 Å². The molecule has 0 aliphatic heterocycles. The molecule has 0 saturated heterocycles. The van der Waals surface area contributed by atoms with Gasteiger partial charge in [-0.2, -0.15) is 0 Å². The maximum atomic E-state index is 12.5. The molecule has 3 aromatic rings. The third kappa shape index (κ3) is 7.12. The molecule has 0 unspecified atom stereocenters. The number of rotatable bonds is 9.